The van der Waals surface area contributed by atoms with Gasteiger partial charge in [-0.25, -0.2) is 15.0 Å². The SMILES string of the molecule is Cc1nc(C(C)NC(=O)c2cccc3cncnc23)n[nH]1. The maximum Gasteiger partial charge on any atom is 0.254 e. The van der Waals surface area contributed by atoms with Crippen LogP contribution in [-0.4, -0.2) is 31.1 Å². The topological polar surface area (TPSA) is 96.5 Å². The van der Waals surface area contributed by atoms with Gasteiger partial charge in [0, 0.05) is 11.6 Å². The number of aromatic nitrogens is 5. The number of nitrogens with zero attached hydrogens (tertiary/aromatic N) is 4. The number of carbonyl (C=O) groups is 1. The molecule has 106 valence electrons. The molecule has 3 aromatic rings. The summed E-state index contributed by atoms with van der Waals surface area (Å²) in [6, 6.07) is 5.12. The van der Waals surface area contributed by atoms with Crippen molar-refractivity contribution in [2.45, 2.75) is 19.9 Å². The maximum absolute atomic E-state index is 12.4. The smallest absolute Gasteiger partial charge is 0.254 e. The quantitative estimate of drug-likeness (QED) is 0.759. The summed E-state index contributed by atoms with van der Waals surface area (Å²) in [5.74, 6) is 1.05. The first kappa shape index (κ1) is 13.2. The number of amides is 1. The Bertz CT molecular complexity index is 792. The number of nitrogens with one attached hydrogen (secondary N) is 2. The molecule has 0 saturated heterocycles. The van der Waals surface area contributed by atoms with Crippen LogP contribution in [0.2, 0.25) is 0 Å². The molecular formula is C14H14N6O. The number of hydrogen-bond acceptors (Lipinski definition) is 5. The van der Waals surface area contributed by atoms with Crippen LogP contribution in [0.5, 0.6) is 0 Å². The van der Waals surface area contributed by atoms with Gasteiger partial charge in [-0.05, 0) is 19.9 Å². The molecule has 1 atom stereocenters. The van der Waals surface area contributed by atoms with Crippen LogP contribution in [0.1, 0.15) is 35.0 Å². The van der Waals surface area contributed by atoms with Crippen molar-refractivity contribution in [3.05, 3.63) is 47.9 Å². The van der Waals surface area contributed by atoms with Crippen LogP contribution in [0, 0.1) is 6.92 Å². The average Bonchev–Trinajstić information content (AvgIpc) is 2.93. The molecule has 2 aromatic heterocycles. The lowest BCUT2D eigenvalue weighted by Crippen LogP contribution is -2.27. The molecule has 0 saturated carbocycles. The third-order valence-electron chi connectivity index (χ3n) is 3.13. The molecule has 1 amide bonds. The molecule has 2 heterocycles. The second-order valence-corrected chi connectivity index (χ2v) is 4.74. The highest BCUT2D eigenvalue weighted by Crippen LogP contribution is 2.16. The molecule has 0 bridgehead atoms. The molecular weight excluding hydrogens is 268 g/mol. The van der Waals surface area contributed by atoms with Crippen molar-refractivity contribution in [1.82, 2.24) is 30.5 Å². The van der Waals surface area contributed by atoms with Gasteiger partial charge in [0.1, 0.15) is 12.2 Å². The lowest BCUT2D eigenvalue weighted by Gasteiger charge is -2.11. The van der Waals surface area contributed by atoms with Crippen LogP contribution in [0.25, 0.3) is 10.9 Å². The van der Waals surface area contributed by atoms with Crippen molar-refractivity contribution in [2.24, 2.45) is 0 Å². The number of aromatic amines is 1. The predicted molar refractivity (Wildman–Crippen MR) is 76.5 cm³/mol. The van der Waals surface area contributed by atoms with Gasteiger partial charge in [0.2, 0.25) is 0 Å². The highest BCUT2D eigenvalue weighted by Gasteiger charge is 2.17. The first-order chi connectivity index (χ1) is 10.1. The van der Waals surface area contributed by atoms with Gasteiger partial charge in [-0.1, -0.05) is 12.1 Å². The van der Waals surface area contributed by atoms with Gasteiger partial charge in [0.25, 0.3) is 5.91 Å². The Morgan fingerprint density at radius 1 is 1.38 bits per heavy atom. The second kappa shape index (κ2) is 5.28. The zero-order valence-corrected chi connectivity index (χ0v) is 11.7. The van der Waals surface area contributed by atoms with E-state index in [1.54, 1.807) is 12.3 Å². The zero-order chi connectivity index (χ0) is 14.8. The third kappa shape index (κ3) is 2.58. The number of carbonyl (C=O) groups excluding carboxylic acids is 1. The van der Waals surface area contributed by atoms with Gasteiger partial charge in [-0.15, -0.1) is 0 Å². The number of H-pyrrole nitrogens is 1. The van der Waals surface area contributed by atoms with Gasteiger partial charge in [0.15, 0.2) is 5.82 Å². The molecule has 0 aliphatic carbocycles. The Morgan fingerprint density at radius 3 is 3.00 bits per heavy atom. The largest absolute Gasteiger partial charge is 0.342 e. The van der Waals surface area contributed by atoms with Gasteiger partial charge < -0.3 is 5.32 Å². The summed E-state index contributed by atoms with van der Waals surface area (Å²) < 4.78 is 0. The minimum absolute atomic E-state index is 0.214. The van der Waals surface area contributed by atoms with Crippen LogP contribution in [0.15, 0.2) is 30.7 Å². The van der Waals surface area contributed by atoms with Crippen molar-refractivity contribution in [3.63, 3.8) is 0 Å². The molecule has 3 rings (SSSR count). The van der Waals surface area contributed by atoms with Gasteiger partial charge in [-0.2, -0.15) is 5.10 Å². The van der Waals surface area contributed by atoms with Crippen molar-refractivity contribution in [2.75, 3.05) is 0 Å². The number of para-hydroxylation sites is 1. The summed E-state index contributed by atoms with van der Waals surface area (Å²) in [7, 11) is 0. The number of benzene rings is 1. The molecule has 2 N–H and O–H groups in total. The summed E-state index contributed by atoms with van der Waals surface area (Å²) in [5, 5.41) is 10.5. The fourth-order valence-corrected chi connectivity index (χ4v) is 2.09. The number of fused-ring (bicyclic) bond motifs is 1. The third-order valence-corrected chi connectivity index (χ3v) is 3.13. The van der Waals surface area contributed by atoms with E-state index in [1.165, 1.54) is 6.33 Å². The molecule has 0 spiro atoms. The Balaban J connectivity index is 1.87. The number of rotatable bonds is 3. The van der Waals surface area contributed by atoms with Crippen molar-refractivity contribution < 1.29 is 4.79 Å². The lowest BCUT2D eigenvalue weighted by atomic mass is 10.1. The Hall–Kier alpha value is -2.83. The molecule has 7 nitrogen and oxygen atoms in total. The minimum atomic E-state index is -0.292. The summed E-state index contributed by atoms with van der Waals surface area (Å²) in [6.45, 7) is 3.65. The maximum atomic E-state index is 12.4. The molecule has 0 aliphatic heterocycles. The summed E-state index contributed by atoms with van der Waals surface area (Å²) in [4.78, 5) is 24.8. The summed E-state index contributed by atoms with van der Waals surface area (Å²) in [5.41, 5.74) is 1.14. The van der Waals surface area contributed by atoms with Crippen LogP contribution in [-0.2, 0) is 0 Å². The Morgan fingerprint density at radius 2 is 2.24 bits per heavy atom. The standard InChI is InChI=1S/C14H14N6O/c1-8(13-18-9(2)19-20-13)17-14(21)11-5-3-4-10-6-15-7-16-12(10)11/h3-8H,1-2H3,(H,17,21)(H,18,19,20). The van der Waals surface area contributed by atoms with E-state index in [2.05, 4.69) is 30.5 Å². The van der Waals surface area contributed by atoms with E-state index in [4.69, 9.17) is 0 Å². The highest BCUT2D eigenvalue weighted by molar-refractivity contribution is 6.05. The second-order valence-electron chi connectivity index (χ2n) is 4.74. The van der Waals surface area contributed by atoms with E-state index in [-0.39, 0.29) is 11.9 Å². The van der Waals surface area contributed by atoms with E-state index >= 15 is 0 Å². The van der Waals surface area contributed by atoms with E-state index in [0.717, 1.165) is 5.39 Å². The Kier molecular flexibility index (Phi) is 3.31. The van der Waals surface area contributed by atoms with Crippen molar-refractivity contribution >= 4 is 16.8 Å². The van der Waals surface area contributed by atoms with Crippen LogP contribution in [0.3, 0.4) is 0 Å². The van der Waals surface area contributed by atoms with Crippen LogP contribution >= 0.6 is 0 Å². The molecule has 7 heteroatoms. The van der Waals surface area contributed by atoms with Crippen LogP contribution in [0.4, 0.5) is 0 Å². The summed E-state index contributed by atoms with van der Waals surface area (Å²) >= 11 is 0. The molecule has 0 fully saturated rings. The molecule has 1 unspecified atom stereocenters. The van der Waals surface area contributed by atoms with Crippen LogP contribution < -0.4 is 5.32 Å². The number of hydrogen-bond donors (Lipinski definition) is 2. The normalized spacial score (nSPS) is 12.3. The first-order valence-electron chi connectivity index (χ1n) is 6.53. The van der Waals surface area contributed by atoms with E-state index < -0.39 is 0 Å². The monoisotopic (exact) mass is 282 g/mol. The number of aryl methyl sites for hydroxylation is 1. The first-order valence-corrected chi connectivity index (χ1v) is 6.53. The minimum Gasteiger partial charge on any atom is -0.342 e. The molecule has 0 radical (unpaired) electrons. The van der Waals surface area contributed by atoms with Crippen molar-refractivity contribution in [1.29, 1.82) is 0 Å². The molecule has 0 aliphatic rings. The fourth-order valence-electron chi connectivity index (χ4n) is 2.09. The van der Waals surface area contributed by atoms with E-state index in [9.17, 15) is 4.79 Å². The average molecular weight is 282 g/mol. The Labute approximate surface area is 120 Å². The van der Waals surface area contributed by atoms with Crippen molar-refractivity contribution in [3.8, 4) is 0 Å². The van der Waals surface area contributed by atoms with Gasteiger partial charge in [0.05, 0.1) is 17.1 Å². The zero-order valence-electron chi connectivity index (χ0n) is 11.7. The lowest BCUT2D eigenvalue weighted by molar-refractivity contribution is 0.0940. The van der Waals surface area contributed by atoms with E-state index in [1.807, 2.05) is 26.0 Å². The fraction of sp³-hybridized carbons (Fsp3) is 0.214. The molecule has 1 aromatic carbocycles. The van der Waals surface area contributed by atoms with Gasteiger partial charge >= 0.3 is 0 Å². The van der Waals surface area contributed by atoms with Gasteiger partial charge in [-0.3, -0.25) is 9.89 Å². The summed E-state index contributed by atoms with van der Waals surface area (Å²) in [6.07, 6.45) is 3.11. The van der Waals surface area contributed by atoms with E-state index in [0.29, 0.717) is 22.7 Å². The molecule has 21 heavy (non-hydrogen) atoms. The highest BCUT2D eigenvalue weighted by atomic mass is 16.1. The predicted octanol–water partition coefficient (Wildman–Crippen LogP) is 1.55.